The number of anilines is 2. The molecular formula is C33H43N3O7. The second-order valence-corrected chi connectivity index (χ2v) is 10.3. The highest BCUT2D eigenvalue weighted by molar-refractivity contribution is 5.93. The summed E-state index contributed by atoms with van der Waals surface area (Å²) < 4.78 is 27.8. The molecule has 1 unspecified atom stereocenters. The maximum Gasteiger partial charge on any atom is 0.419 e. The summed E-state index contributed by atoms with van der Waals surface area (Å²) in [6, 6.07) is 16.4. The van der Waals surface area contributed by atoms with Crippen LogP contribution in [0.15, 0.2) is 54.6 Å². The molecule has 0 heterocycles. The minimum Gasteiger partial charge on any atom is -0.493 e. The first-order valence-corrected chi connectivity index (χ1v) is 14.3. The fourth-order valence-corrected chi connectivity index (χ4v) is 4.71. The van der Waals surface area contributed by atoms with Crippen molar-refractivity contribution < 1.29 is 33.3 Å². The Bertz CT molecular complexity index is 1340. The first-order valence-electron chi connectivity index (χ1n) is 14.3. The standard InChI is InChI=1S/C33H43N3O7/c1-8-36(27-12-10-9-11-26(27)35-34-25(21-37)17-22(2)3)33(38)43-29-18-23(15-16-28(29)39-4)13-14-24-19-30(40-5)32(42-7)31(20-24)41-6/h9-12,15-16,18-22,25,34-35H,8,13-14,17H2,1-7H3. The summed E-state index contributed by atoms with van der Waals surface area (Å²) in [7, 11) is 6.28. The van der Waals surface area contributed by atoms with Gasteiger partial charge in [0.15, 0.2) is 23.0 Å². The molecule has 2 N–H and O–H groups in total. The lowest BCUT2D eigenvalue weighted by Crippen LogP contribution is -2.38. The normalized spacial score (nSPS) is 11.4. The molecule has 0 fully saturated rings. The molecule has 3 aromatic rings. The molecule has 0 spiro atoms. The largest absolute Gasteiger partial charge is 0.493 e. The molecule has 0 aliphatic rings. The molecule has 10 heteroatoms. The minimum atomic E-state index is -0.564. The highest BCUT2D eigenvalue weighted by Gasteiger charge is 2.22. The van der Waals surface area contributed by atoms with Crippen LogP contribution >= 0.6 is 0 Å². The number of nitrogens with one attached hydrogen (secondary N) is 2. The third kappa shape index (κ3) is 8.78. The van der Waals surface area contributed by atoms with Crippen LogP contribution in [0, 0.1) is 5.92 Å². The van der Waals surface area contributed by atoms with Crippen LogP contribution in [0.4, 0.5) is 16.2 Å². The van der Waals surface area contributed by atoms with Crippen LogP contribution in [-0.4, -0.2) is 53.4 Å². The lowest BCUT2D eigenvalue weighted by Gasteiger charge is -2.25. The van der Waals surface area contributed by atoms with E-state index in [0.717, 1.165) is 17.4 Å². The molecule has 0 radical (unpaired) electrons. The number of hydrogen-bond acceptors (Lipinski definition) is 9. The van der Waals surface area contributed by atoms with Crippen LogP contribution in [0.2, 0.25) is 0 Å². The molecule has 0 aromatic heterocycles. The first-order chi connectivity index (χ1) is 20.8. The van der Waals surface area contributed by atoms with E-state index in [9.17, 15) is 9.59 Å². The second kappa shape index (κ2) is 16.3. The van der Waals surface area contributed by atoms with E-state index >= 15 is 0 Å². The molecule has 43 heavy (non-hydrogen) atoms. The van der Waals surface area contributed by atoms with Crippen LogP contribution in [0.25, 0.3) is 0 Å². The predicted molar refractivity (Wildman–Crippen MR) is 168 cm³/mol. The average molecular weight is 594 g/mol. The fraction of sp³-hybridized carbons (Fsp3) is 0.394. The van der Waals surface area contributed by atoms with Gasteiger partial charge in [0.05, 0.1) is 45.9 Å². The van der Waals surface area contributed by atoms with Crippen LogP contribution in [0.5, 0.6) is 28.7 Å². The van der Waals surface area contributed by atoms with E-state index in [1.165, 1.54) is 12.0 Å². The van der Waals surface area contributed by atoms with E-state index in [1.54, 1.807) is 27.4 Å². The number of aldehydes is 1. The van der Waals surface area contributed by atoms with Gasteiger partial charge in [-0.05, 0) is 79.6 Å². The number of hydrazine groups is 1. The number of hydrogen-bond donors (Lipinski definition) is 2. The van der Waals surface area contributed by atoms with Gasteiger partial charge in [0.1, 0.15) is 6.29 Å². The van der Waals surface area contributed by atoms with Gasteiger partial charge in [-0.3, -0.25) is 4.90 Å². The zero-order chi connectivity index (χ0) is 31.4. The molecule has 1 amide bonds. The second-order valence-electron chi connectivity index (χ2n) is 10.3. The zero-order valence-corrected chi connectivity index (χ0v) is 26.1. The Morgan fingerprint density at radius 2 is 1.47 bits per heavy atom. The Balaban J connectivity index is 1.78. The number of rotatable bonds is 16. The molecule has 3 aromatic carbocycles. The van der Waals surface area contributed by atoms with Crippen molar-refractivity contribution >= 4 is 23.8 Å². The lowest BCUT2D eigenvalue weighted by molar-refractivity contribution is -0.109. The van der Waals surface area contributed by atoms with Gasteiger partial charge in [0.25, 0.3) is 0 Å². The number of methoxy groups -OCH3 is 4. The van der Waals surface area contributed by atoms with E-state index in [0.29, 0.717) is 71.8 Å². The maximum atomic E-state index is 13.5. The summed E-state index contributed by atoms with van der Waals surface area (Å²) >= 11 is 0. The smallest absolute Gasteiger partial charge is 0.419 e. The Morgan fingerprint density at radius 1 is 0.837 bits per heavy atom. The number of aryl methyl sites for hydroxylation is 2. The van der Waals surface area contributed by atoms with Crippen molar-refractivity contribution in [1.29, 1.82) is 0 Å². The molecule has 3 rings (SSSR count). The van der Waals surface area contributed by atoms with E-state index in [4.69, 9.17) is 23.7 Å². The number of carbonyl (C=O) groups is 2. The zero-order valence-electron chi connectivity index (χ0n) is 26.1. The van der Waals surface area contributed by atoms with Gasteiger partial charge in [0, 0.05) is 6.54 Å². The number of benzene rings is 3. The Labute approximate surface area is 254 Å². The third-order valence-electron chi connectivity index (χ3n) is 6.87. The number of ether oxygens (including phenoxy) is 5. The van der Waals surface area contributed by atoms with Crippen molar-refractivity contribution in [3.63, 3.8) is 0 Å². The Hall–Kier alpha value is -4.44. The monoisotopic (exact) mass is 593 g/mol. The Kier molecular flexibility index (Phi) is 12.5. The van der Waals surface area contributed by atoms with Gasteiger partial charge in [-0.15, -0.1) is 0 Å². The van der Waals surface area contributed by atoms with Gasteiger partial charge in [-0.2, -0.15) is 0 Å². The van der Waals surface area contributed by atoms with Gasteiger partial charge in [-0.25, -0.2) is 10.2 Å². The van der Waals surface area contributed by atoms with E-state index in [2.05, 4.69) is 24.7 Å². The summed E-state index contributed by atoms with van der Waals surface area (Å²) in [4.78, 5) is 26.6. The van der Waals surface area contributed by atoms with Crippen LogP contribution in [-0.2, 0) is 17.6 Å². The topological polar surface area (TPSA) is 108 Å². The van der Waals surface area contributed by atoms with Gasteiger partial charge < -0.3 is 33.9 Å². The first kappa shape index (κ1) is 33.1. The predicted octanol–water partition coefficient (Wildman–Crippen LogP) is 6.06. The third-order valence-corrected chi connectivity index (χ3v) is 6.87. The lowest BCUT2D eigenvalue weighted by atomic mass is 10.0. The molecule has 10 nitrogen and oxygen atoms in total. The van der Waals surface area contributed by atoms with Gasteiger partial charge in [0.2, 0.25) is 5.75 Å². The van der Waals surface area contributed by atoms with Crippen LogP contribution < -0.4 is 39.4 Å². The van der Waals surface area contributed by atoms with Crippen LogP contribution in [0.1, 0.15) is 38.3 Å². The summed E-state index contributed by atoms with van der Waals surface area (Å²) in [6.45, 7) is 6.32. The summed E-state index contributed by atoms with van der Waals surface area (Å²) in [5.74, 6) is 2.82. The number of amides is 1. The highest BCUT2D eigenvalue weighted by atomic mass is 16.6. The quantitative estimate of drug-likeness (QED) is 0.151. The molecule has 0 aliphatic carbocycles. The Morgan fingerprint density at radius 3 is 2.05 bits per heavy atom. The van der Waals surface area contributed by atoms with E-state index in [1.807, 2.05) is 55.5 Å². The van der Waals surface area contributed by atoms with Crippen molar-refractivity contribution in [2.45, 2.75) is 46.1 Å². The van der Waals surface area contributed by atoms with E-state index in [-0.39, 0.29) is 6.04 Å². The summed E-state index contributed by atoms with van der Waals surface area (Å²) in [6.07, 6.45) is 2.33. The molecule has 232 valence electrons. The maximum absolute atomic E-state index is 13.5. The molecular weight excluding hydrogens is 550 g/mol. The number of para-hydroxylation sites is 2. The van der Waals surface area contributed by atoms with Crippen LogP contribution in [0.3, 0.4) is 0 Å². The SMILES string of the molecule is CCN(C(=O)Oc1cc(CCc2cc(OC)c(OC)c(OC)c2)ccc1OC)c1ccccc1NNC(C=O)CC(C)C. The van der Waals surface area contributed by atoms with Gasteiger partial charge >= 0.3 is 6.09 Å². The fourth-order valence-electron chi connectivity index (χ4n) is 4.71. The summed E-state index contributed by atoms with van der Waals surface area (Å²) in [5.41, 5.74) is 9.38. The number of carbonyl (C=O) groups excluding carboxylic acids is 2. The highest BCUT2D eigenvalue weighted by Crippen LogP contribution is 2.39. The van der Waals surface area contributed by atoms with Crippen molar-refractivity contribution in [2.75, 3.05) is 45.3 Å². The number of nitrogens with zero attached hydrogens (tertiary/aromatic N) is 1. The molecule has 0 aliphatic heterocycles. The van der Waals surface area contributed by atoms with Crippen molar-refractivity contribution in [1.82, 2.24) is 5.43 Å². The van der Waals surface area contributed by atoms with Crippen molar-refractivity contribution in [3.05, 3.63) is 65.7 Å². The summed E-state index contributed by atoms with van der Waals surface area (Å²) in [5, 5.41) is 0. The minimum absolute atomic E-state index is 0.315. The molecule has 0 saturated heterocycles. The van der Waals surface area contributed by atoms with Crippen molar-refractivity contribution in [3.8, 4) is 28.7 Å². The molecule has 0 bridgehead atoms. The van der Waals surface area contributed by atoms with E-state index < -0.39 is 6.09 Å². The molecule has 1 atom stereocenters. The van der Waals surface area contributed by atoms with Crippen molar-refractivity contribution in [2.24, 2.45) is 5.92 Å². The average Bonchev–Trinajstić information content (AvgIpc) is 3.02. The van der Waals surface area contributed by atoms with Gasteiger partial charge in [-0.1, -0.05) is 32.0 Å². The molecule has 0 saturated carbocycles.